The number of fused-ring (bicyclic) bond motifs is 1. The SMILES string of the molecule is NC(=O)n1cc(NC(=O)N2C[C@@H](N)C[C@H]2C(=O)NCc2ccccc2O)c2ccccc21. The average molecular weight is 436 g/mol. The molecule has 1 aliphatic rings. The molecule has 0 bridgehead atoms. The predicted octanol–water partition coefficient (Wildman–Crippen LogP) is 1.52. The van der Waals surface area contributed by atoms with Crippen LogP contribution in [-0.2, 0) is 11.3 Å². The van der Waals surface area contributed by atoms with Crippen molar-refractivity contribution in [1.82, 2.24) is 14.8 Å². The van der Waals surface area contributed by atoms with Gasteiger partial charge in [0.1, 0.15) is 11.8 Å². The number of anilines is 1. The molecule has 7 N–H and O–H groups in total. The Morgan fingerprint density at radius 2 is 1.81 bits per heavy atom. The van der Waals surface area contributed by atoms with Gasteiger partial charge in [-0.05, 0) is 18.6 Å². The summed E-state index contributed by atoms with van der Waals surface area (Å²) in [6.07, 6.45) is 1.76. The van der Waals surface area contributed by atoms with E-state index in [4.69, 9.17) is 11.5 Å². The molecule has 1 aromatic heterocycles. The smallest absolute Gasteiger partial charge is 0.323 e. The molecule has 1 saturated heterocycles. The number of amides is 4. The lowest BCUT2D eigenvalue weighted by molar-refractivity contribution is -0.124. The Kier molecular flexibility index (Phi) is 5.69. The third-order valence-corrected chi connectivity index (χ3v) is 5.53. The zero-order valence-corrected chi connectivity index (χ0v) is 17.2. The van der Waals surface area contributed by atoms with Gasteiger partial charge in [0.05, 0.1) is 11.2 Å². The van der Waals surface area contributed by atoms with Crippen molar-refractivity contribution in [3.63, 3.8) is 0 Å². The monoisotopic (exact) mass is 436 g/mol. The number of phenols is 1. The summed E-state index contributed by atoms with van der Waals surface area (Å²) in [5.41, 5.74) is 13.0. The van der Waals surface area contributed by atoms with Gasteiger partial charge in [0.25, 0.3) is 0 Å². The van der Waals surface area contributed by atoms with Gasteiger partial charge in [-0.15, -0.1) is 0 Å². The maximum atomic E-state index is 13.0. The molecule has 4 amide bonds. The minimum Gasteiger partial charge on any atom is -0.508 e. The van der Waals surface area contributed by atoms with Gasteiger partial charge in [-0.2, -0.15) is 0 Å². The molecule has 1 fully saturated rings. The first kappa shape index (κ1) is 21.2. The first-order valence-corrected chi connectivity index (χ1v) is 10.1. The highest BCUT2D eigenvalue weighted by atomic mass is 16.3. The third-order valence-electron chi connectivity index (χ3n) is 5.53. The van der Waals surface area contributed by atoms with Crippen LogP contribution in [0.5, 0.6) is 5.75 Å². The fourth-order valence-electron chi connectivity index (χ4n) is 3.95. The topological polar surface area (TPSA) is 156 Å². The number of para-hydroxylation sites is 2. The molecule has 10 nitrogen and oxygen atoms in total. The minimum atomic E-state index is -0.764. The molecular weight excluding hydrogens is 412 g/mol. The maximum Gasteiger partial charge on any atom is 0.323 e. The highest BCUT2D eigenvalue weighted by Gasteiger charge is 2.38. The van der Waals surface area contributed by atoms with E-state index in [2.05, 4.69) is 10.6 Å². The van der Waals surface area contributed by atoms with E-state index >= 15 is 0 Å². The molecule has 0 saturated carbocycles. The Morgan fingerprint density at radius 1 is 1.09 bits per heavy atom. The first-order valence-electron chi connectivity index (χ1n) is 10.1. The number of carbonyl (C=O) groups is 3. The van der Waals surface area contributed by atoms with Crippen molar-refractivity contribution in [3.05, 3.63) is 60.3 Å². The number of nitrogens with zero attached hydrogens (tertiary/aromatic N) is 2. The molecule has 0 spiro atoms. The molecule has 0 unspecified atom stereocenters. The molecule has 166 valence electrons. The average Bonchev–Trinajstić information content (AvgIpc) is 3.34. The second kappa shape index (κ2) is 8.60. The molecule has 0 radical (unpaired) electrons. The van der Waals surface area contributed by atoms with E-state index in [0.717, 1.165) is 0 Å². The minimum absolute atomic E-state index is 0.0800. The van der Waals surface area contributed by atoms with Crippen molar-refractivity contribution >= 4 is 34.6 Å². The predicted molar refractivity (Wildman–Crippen MR) is 119 cm³/mol. The van der Waals surface area contributed by atoms with Gasteiger partial charge in [-0.25, -0.2) is 9.59 Å². The number of hydrogen-bond acceptors (Lipinski definition) is 5. The van der Waals surface area contributed by atoms with Crippen molar-refractivity contribution in [2.45, 2.75) is 25.0 Å². The molecule has 2 heterocycles. The third kappa shape index (κ3) is 4.08. The van der Waals surface area contributed by atoms with E-state index in [9.17, 15) is 19.5 Å². The normalized spacial score (nSPS) is 18.0. The molecule has 0 aliphatic carbocycles. The Balaban J connectivity index is 1.50. The molecule has 1 aliphatic heterocycles. The fraction of sp³-hybridized carbons (Fsp3) is 0.227. The standard InChI is InChI=1S/C22H24N6O4/c23-14-9-18(20(30)25-10-13-5-1-4-8-19(13)29)28(11-14)22(32)26-16-12-27(21(24)31)17-7-3-2-6-15(16)17/h1-8,12,14,18,29H,9-11,23H2,(H2,24,31)(H,25,30)(H,26,32)/t14-,18-/m0/s1. The zero-order chi connectivity index (χ0) is 22.8. The lowest BCUT2D eigenvalue weighted by atomic mass is 10.1. The van der Waals surface area contributed by atoms with Crippen LogP contribution >= 0.6 is 0 Å². The number of nitrogens with one attached hydrogen (secondary N) is 2. The van der Waals surface area contributed by atoms with Gasteiger partial charge in [-0.3, -0.25) is 9.36 Å². The molecular formula is C22H24N6O4. The molecule has 2 atom stereocenters. The number of phenolic OH excluding ortho intramolecular Hbond substituents is 1. The summed E-state index contributed by atoms with van der Waals surface area (Å²) in [4.78, 5) is 39.0. The van der Waals surface area contributed by atoms with Crippen LogP contribution in [0.2, 0.25) is 0 Å². The molecule has 2 aromatic carbocycles. The summed E-state index contributed by atoms with van der Waals surface area (Å²) < 4.78 is 1.25. The van der Waals surface area contributed by atoms with Crippen molar-refractivity contribution in [1.29, 1.82) is 0 Å². The van der Waals surface area contributed by atoms with E-state index in [-0.39, 0.29) is 30.8 Å². The Bertz CT molecular complexity index is 1190. The first-order chi connectivity index (χ1) is 15.3. The number of likely N-dealkylation sites (tertiary alicyclic amines) is 1. The Hall–Kier alpha value is -4.05. The van der Waals surface area contributed by atoms with E-state index in [1.54, 1.807) is 42.5 Å². The van der Waals surface area contributed by atoms with Gasteiger partial charge in [0.15, 0.2) is 0 Å². The largest absolute Gasteiger partial charge is 0.508 e. The number of aromatic nitrogens is 1. The number of rotatable bonds is 4. The van der Waals surface area contributed by atoms with Crippen LogP contribution < -0.4 is 22.1 Å². The van der Waals surface area contributed by atoms with Gasteiger partial charge in [0.2, 0.25) is 5.91 Å². The summed E-state index contributed by atoms with van der Waals surface area (Å²) >= 11 is 0. The second-order valence-electron chi connectivity index (χ2n) is 7.71. The van der Waals surface area contributed by atoms with Crippen molar-refractivity contribution in [3.8, 4) is 5.75 Å². The number of nitrogens with two attached hydrogens (primary N) is 2. The quantitative estimate of drug-likeness (QED) is 0.419. The van der Waals surface area contributed by atoms with E-state index in [1.165, 1.54) is 21.7 Å². The lowest BCUT2D eigenvalue weighted by Crippen LogP contribution is -2.47. The maximum absolute atomic E-state index is 13.0. The van der Waals surface area contributed by atoms with Crippen LogP contribution in [0, 0.1) is 0 Å². The van der Waals surface area contributed by atoms with E-state index in [1.807, 2.05) is 0 Å². The van der Waals surface area contributed by atoms with E-state index in [0.29, 0.717) is 28.6 Å². The van der Waals surface area contributed by atoms with Gasteiger partial charge in [-0.1, -0.05) is 36.4 Å². The van der Waals surface area contributed by atoms with E-state index < -0.39 is 18.1 Å². The lowest BCUT2D eigenvalue weighted by Gasteiger charge is -2.24. The molecule has 32 heavy (non-hydrogen) atoms. The summed E-state index contributed by atoms with van der Waals surface area (Å²) in [5, 5.41) is 16.1. The van der Waals surface area contributed by atoms with Crippen molar-refractivity contribution in [2.75, 3.05) is 11.9 Å². The van der Waals surface area contributed by atoms with Crippen LogP contribution in [0.3, 0.4) is 0 Å². The van der Waals surface area contributed by atoms with Crippen molar-refractivity contribution < 1.29 is 19.5 Å². The molecule has 4 rings (SSSR count). The number of hydrogen-bond donors (Lipinski definition) is 5. The van der Waals surface area contributed by atoms with Crippen LogP contribution in [0.1, 0.15) is 12.0 Å². The molecule has 3 aromatic rings. The summed E-state index contributed by atoms with van der Waals surface area (Å²) in [6.45, 7) is 0.327. The number of aromatic hydroxyl groups is 1. The molecule has 10 heteroatoms. The van der Waals surface area contributed by atoms with Crippen LogP contribution in [0.4, 0.5) is 15.3 Å². The van der Waals surface area contributed by atoms with Crippen LogP contribution in [-0.4, -0.2) is 51.2 Å². The highest BCUT2D eigenvalue weighted by Crippen LogP contribution is 2.27. The summed E-state index contributed by atoms with van der Waals surface area (Å²) in [7, 11) is 0. The fourth-order valence-corrected chi connectivity index (χ4v) is 3.95. The van der Waals surface area contributed by atoms with Crippen LogP contribution in [0.25, 0.3) is 10.9 Å². The summed E-state index contributed by atoms with van der Waals surface area (Å²) in [6, 6.07) is 11.4. The van der Waals surface area contributed by atoms with Crippen molar-refractivity contribution in [2.24, 2.45) is 11.5 Å². The Labute approximate surface area is 183 Å². The summed E-state index contributed by atoms with van der Waals surface area (Å²) in [5.74, 6) is -0.285. The zero-order valence-electron chi connectivity index (χ0n) is 17.2. The second-order valence-corrected chi connectivity index (χ2v) is 7.71. The van der Waals surface area contributed by atoms with Gasteiger partial charge in [0, 0.05) is 36.3 Å². The van der Waals surface area contributed by atoms with Crippen LogP contribution in [0.15, 0.2) is 54.7 Å². The number of urea groups is 1. The number of primary amides is 1. The highest BCUT2D eigenvalue weighted by molar-refractivity contribution is 6.05. The number of carbonyl (C=O) groups excluding carboxylic acids is 3. The Morgan fingerprint density at radius 3 is 2.56 bits per heavy atom. The van der Waals surface area contributed by atoms with Gasteiger partial charge < -0.3 is 32.1 Å². The van der Waals surface area contributed by atoms with Gasteiger partial charge >= 0.3 is 12.1 Å². The number of benzene rings is 2.